The van der Waals surface area contributed by atoms with Crippen LogP contribution >= 0.6 is 17.0 Å². The van der Waals surface area contributed by atoms with E-state index in [0.717, 1.165) is 0 Å². The molecule has 1 aliphatic heterocycles. The Morgan fingerprint density at radius 1 is 0.560 bits per heavy atom. The van der Waals surface area contributed by atoms with E-state index < -0.39 is 0 Å². The zero-order chi connectivity index (χ0) is 17.3. The van der Waals surface area contributed by atoms with E-state index in [1.54, 1.807) is 0 Å². The molecule has 0 N–H and O–H groups in total. The molecule has 0 saturated carbocycles. The molecule has 0 spiro atoms. The third-order valence-corrected chi connectivity index (χ3v) is 5.57. The van der Waals surface area contributed by atoms with E-state index in [0.29, 0.717) is 0 Å². The van der Waals surface area contributed by atoms with Crippen LogP contribution < -0.4 is 0 Å². The van der Waals surface area contributed by atoms with Gasteiger partial charge in [-0.3, -0.25) is 9.80 Å². The van der Waals surface area contributed by atoms with E-state index in [-0.39, 0.29) is 17.0 Å². The first-order valence-electron chi connectivity index (χ1n) is 11.2. The first-order valence-corrected chi connectivity index (χ1v) is 11.2. The molecule has 3 heteroatoms. The zero-order valence-electron chi connectivity index (χ0n) is 17.4. The number of halogens is 1. The van der Waals surface area contributed by atoms with Gasteiger partial charge in [-0.2, -0.15) is 0 Å². The first-order chi connectivity index (χ1) is 11.8. The molecule has 0 atom stereocenters. The van der Waals surface area contributed by atoms with E-state index in [9.17, 15) is 0 Å². The van der Waals surface area contributed by atoms with Crippen molar-refractivity contribution in [3.8, 4) is 0 Å². The van der Waals surface area contributed by atoms with Gasteiger partial charge < -0.3 is 0 Å². The third-order valence-electron chi connectivity index (χ3n) is 5.57. The Hall–Kier alpha value is 0.400. The largest absolute Gasteiger partial charge is 0.292 e. The lowest BCUT2D eigenvalue weighted by molar-refractivity contribution is 0.269. The van der Waals surface area contributed by atoms with Crippen LogP contribution in [0.25, 0.3) is 0 Å². The Morgan fingerprint density at radius 3 is 1.32 bits per heavy atom. The Labute approximate surface area is 169 Å². The summed E-state index contributed by atoms with van der Waals surface area (Å²) in [7, 11) is 2.23. The highest BCUT2D eigenvalue weighted by molar-refractivity contribution is 8.93. The molecule has 152 valence electrons. The first kappa shape index (κ1) is 25.4. The summed E-state index contributed by atoms with van der Waals surface area (Å²) in [6.07, 6.45) is 23.4. The predicted octanol–water partition coefficient (Wildman–Crippen LogP) is 7.03. The summed E-state index contributed by atoms with van der Waals surface area (Å²) in [6, 6.07) is 0. The van der Waals surface area contributed by atoms with Crippen molar-refractivity contribution in [2.75, 3.05) is 33.4 Å². The van der Waals surface area contributed by atoms with Crippen molar-refractivity contribution in [2.24, 2.45) is 0 Å². The summed E-state index contributed by atoms with van der Waals surface area (Å²) >= 11 is 0. The lowest BCUT2D eigenvalue weighted by Gasteiger charge is -2.14. The van der Waals surface area contributed by atoms with Crippen molar-refractivity contribution in [3.05, 3.63) is 0 Å². The summed E-state index contributed by atoms with van der Waals surface area (Å²) < 4.78 is 0. The van der Waals surface area contributed by atoms with Crippen molar-refractivity contribution in [1.29, 1.82) is 0 Å². The predicted molar refractivity (Wildman–Crippen MR) is 119 cm³/mol. The smallest absolute Gasteiger partial charge is 0.0504 e. The minimum absolute atomic E-state index is 0. The quantitative estimate of drug-likeness (QED) is 0.234. The zero-order valence-corrected chi connectivity index (χ0v) is 19.2. The monoisotopic (exact) mass is 418 g/mol. The van der Waals surface area contributed by atoms with Gasteiger partial charge in [0.1, 0.15) is 0 Å². The Kier molecular flexibility index (Phi) is 19.5. The second kappa shape index (κ2) is 19.2. The van der Waals surface area contributed by atoms with Crippen LogP contribution in [0.2, 0.25) is 0 Å². The van der Waals surface area contributed by atoms with Gasteiger partial charge in [0.2, 0.25) is 0 Å². The molecule has 0 radical (unpaired) electrons. The van der Waals surface area contributed by atoms with Gasteiger partial charge >= 0.3 is 0 Å². The molecule has 0 aromatic carbocycles. The van der Waals surface area contributed by atoms with Gasteiger partial charge in [-0.15, -0.1) is 17.0 Å². The molecule has 0 bridgehead atoms. The van der Waals surface area contributed by atoms with Crippen molar-refractivity contribution in [1.82, 2.24) is 9.80 Å². The molecule has 25 heavy (non-hydrogen) atoms. The Morgan fingerprint density at radius 2 is 0.960 bits per heavy atom. The highest BCUT2D eigenvalue weighted by Crippen LogP contribution is 2.14. The average molecular weight is 420 g/mol. The Bertz CT molecular complexity index is 260. The summed E-state index contributed by atoms with van der Waals surface area (Å²) in [5.41, 5.74) is 0. The molecule has 0 amide bonds. The van der Waals surface area contributed by atoms with Gasteiger partial charge in [-0.05, 0) is 20.0 Å². The van der Waals surface area contributed by atoms with Crippen LogP contribution in [0.15, 0.2) is 0 Å². The lowest BCUT2D eigenvalue weighted by atomic mass is 10.0. The molecule has 0 unspecified atom stereocenters. The highest BCUT2D eigenvalue weighted by atomic mass is 79.9. The average Bonchev–Trinajstić information content (AvgIpc) is 3.00. The topological polar surface area (TPSA) is 6.48 Å². The fourth-order valence-corrected chi connectivity index (χ4v) is 3.86. The minimum atomic E-state index is 0. The van der Waals surface area contributed by atoms with E-state index >= 15 is 0 Å². The van der Waals surface area contributed by atoms with Crippen LogP contribution in [0.4, 0.5) is 0 Å². The molecule has 1 saturated heterocycles. The molecule has 0 aliphatic carbocycles. The molecular weight excluding hydrogens is 372 g/mol. The maximum absolute atomic E-state index is 2.60. The maximum atomic E-state index is 2.60. The number of rotatable bonds is 17. The van der Waals surface area contributed by atoms with Gasteiger partial charge in [0, 0.05) is 13.1 Å². The van der Waals surface area contributed by atoms with Gasteiger partial charge in [-0.1, -0.05) is 103 Å². The van der Waals surface area contributed by atoms with Crippen LogP contribution in [0.3, 0.4) is 0 Å². The van der Waals surface area contributed by atoms with Gasteiger partial charge in [0.25, 0.3) is 0 Å². The molecule has 2 nitrogen and oxygen atoms in total. The van der Waals surface area contributed by atoms with Crippen molar-refractivity contribution < 1.29 is 0 Å². The molecule has 1 rings (SSSR count). The minimum Gasteiger partial charge on any atom is -0.292 e. The Balaban J connectivity index is 0.00000576. The summed E-state index contributed by atoms with van der Waals surface area (Å²) in [6.45, 7) is 7.36. The molecular formula is C22H47BrN2. The van der Waals surface area contributed by atoms with E-state index in [2.05, 4.69) is 23.8 Å². The van der Waals surface area contributed by atoms with E-state index in [4.69, 9.17) is 0 Å². The number of hydrogen-bond donors (Lipinski definition) is 0. The molecule has 1 heterocycles. The molecule has 0 aromatic heterocycles. The summed E-state index contributed by atoms with van der Waals surface area (Å²) in [5.74, 6) is 0. The second-order valence-electron chi connectivity index (χ2n) is 8.14. The lowest BCUT2D eigenvalue weighted by Crippen LogP contribution is -2.24. The van der Waals surface area contributed by atoms with Gasteiger partial charge in [0.15, 0.2) is 0 Å². The summed E-state index contributed by atoms with van der Waals surface area (Å²) in [4.78, 5) is 5.02. The molecule has 1 aliphatic rings. The molecule has 1 fully saturated rings. The summed E-state index contributed by atoms with van der Waals surface area (Å²) in [5, 5.41) is 0. The van der Waals surface area contributed by atoms with Crippen LogP contribution in [0.1, 0.15) is 110 Å². The van der Waals surface area contributed by atoms with Crippen LogP contribution in [0, 0.1) is 0 Å². The van der Waals surface area contributed by atoms with Crippen LogP contribution in [0.5, 0.6) is 0 Å². The van der Waals surface area contributed by atoms with Crippen molar-refractivity contribution >= 4 is 17.0 Å². The normalized spacial score (nSPS) is 15.6. The second-order valence-corrected chi connectivity index (χ2v) is 8.14. The number of nitrogens with zero attached hydrogens (tertiary/aromatic N) is 2. The van der Waals surface area contributed by atoms with Gasteiger partial charge in [-0.25, -0.2) is 0 Å². The highest BCUT2D eigenvalue weighted by Gasteiger charge is 2.14. The van der Waals surface area contributed by atoms with Crippen LogP contribution in [-0.4, -0.2) is 43.2 Å². The van der Waals surface area contributed by atoms with E-state index in [1.165, 1.54) is 129 Å². The van der Waals surface area contributed by atoms with Crippen molar-refractivity contribution in [3.63, 3.8) is 0 Å². The fraction of sp³-hybridized carbons (Fsp3) is 1.00. The SMILES string of the molecule is Br.CCCCCCCCCCCCCCCCCCN1CCN(C)C1. The maximum Gasteiger partial charge on any atom is 0.0504 e. The van der Waals surface area contributed by atoms with E-state index in [1.807, 2.05) is 0 Å². The number of unbranched alkanes of at least 4 members (excludes halogenated alkanes) is 15. The van der Waals surface area contributed by atoms with Gasteiger partial charge in [0.05, 0.1) is 6.67 Å². The third kappa shape index (κ3) is 16.3. The standard InChI is InChI=1S/C22H46N2.BrH/c1-3-4-5-6-7-8-9-10-11-12-13-14-15-16-17-18-19-24-21-20-23(2)22-24;/h3-22H2,1-2H3;1H. The van der Waals surface area contributed by atoms with Crippen LogP contribution in [-0.2, 0) is 0 Å². The van der Waals surface area contributed by atoms with Crippen molar-refractivity contribution in [2.45, 2.75) is 110 Å². The molecule has 0 aromatic rings. The fourth-order valence-electron chi connectivity index (χ4n) is 3.86. The number of hydrogen-bond acceptors (Lipinski definition) is 2. The number of likely N-dealkylation sites (N-methyl/N-ethyl adjacent to an activating group) is 1.